The van der Waals surface area contributed by atoms with Crippen molar-refractivity contribution in [3.63, 3.8) is 0 Å². The van der Waals surface area contributed by atoms with E-state index in [1.807, 2.05) is 36.4 Å². The van der Waals surface area contributed by atoms with Crippen LogP contribution in [0.3, 0.4) is 0 Å². The number of carboxylic acid groups (broad SMARTS) is 1. The van der Waals surface area contributed by atoms with Crippen LogP contribution in [0.1, 0.15) is 39.3 Å². The number of hydrogen-bond acceptors (Lipinski definition) is 9. The Morgan fingerprint density at radius 1 is 1.13 bits per heavy atom. The van der Waals surface area contributed by atoms with Crippen molar-refractivity contribution in [3.8, 4) is 16.9 Å². The van der Waals surface area contributed by atoms with Crippen molar-refractivity contribution in [1.29, 1.82) is 0 Å². The van der Waals surface area contributed by atoms with Gasteiger partial charge in [-0.05, 0) is 70.8 Å². The number of aromatic amines is 1. The fourth-order valence-electron chi connectivity index (χ4n) is 4.97. The number of aliphatic carboxylic acids is 1. The number of guanidine groups is 1. The molecule has 0 saturated carbocycles. The van der Waals surface area contributed by atoms with Crippen LogP contribution in [0.4, 0.5) is 5.69 Å². The van der Waals surface area contributed by atoms with Crippen LogP contribution in [0.25, 0.3) is 11.1 Å². The quantitative estimate of drug-likeness (QED) is 0.0557. The third kappa shape index (κ3) is 8.01. The van der Waals surface area contributed by atoms with E-state index < -0.39 is 27.9 Å². The monoisotopic (exact) mass is 666 g/mol. The van der Waals surface area contributed by atoms with Crippen molar-refractivity contribution in [2.45, 2.75) is 43.3 Å². The minimum atomic E-state index is -4.24. The lowest BCUT2D eigenvalue weighted by atomic mass is 10.00. The molecule has 0 fully saturated rings. The number of thiophene rings is 1. The molecule has 1 aliphatic heterocycles. The summed E-state index contributed by atoms with van der Waals surface area (Å²) in [6.07, 6.45) is 2.62. The smallest absolute Gasteiger partial charge is 0.326 e. The third-order valence-corrected chi connectivity index (χ3v) is 9.45. The van der Waals surface area contributed by atoms with Crippen LogP contribution in [0.2, 0.25) is 0 Å². The van der Waals surface area contributed by atoms with E-state index in [1.54, 1.807) is 17.6 Å². The van der Waals surface area contributed by atoms with Crippen molar-refractivity contribution in [2.24, 2.45) is 16.5 Å². The lowest BCUT2D eigenvalue weighted by molar-refractivity contribution is -0.139. The Kier molecular flexibility index (Phi) is 10.2. The normalized spacial score (nSPS) is 13.0. The number of amides is 1. The molecule has 1 amide bonds. The number of benzene rings is 2. The molecule has 1 atom stereocenters. The number of carboxylic acids is 1. The maximum Gasteiger partial charge on any atom is 0.326 e. The van der Waals surface area contributed by atoms with Crippen LogP contribution in [0.15, 0.2) is 70.0 Å². The number of ether oxygens (including phenoxy) is 1. The predicted molar refractivity (Wildman–Crippen MR) is 174 cm³/mol. The molecule has 14 nitrogen and oxygen atoms in total. The minimum absolute atomic E-state index is 0.0168. The number of sulfonamides is 1. The Morgan fingerprint density at radius 2 is 1.98 bits per heavy atom. The molecule has 242 valence electrons. The van der Waals surface area contributed by atoms with Gasteiger partial charge in [0.1, 0.15) is 21.6 Å². The molecular weight excluding hydrogens is 633 g/mol. The number of anilines is 1. The van der Waals surface area contributed by atoms with Crippen LogP contribution < -0.4 is 31.6 Å². The van der Waals surface area contributed by atoms with Crippen LogP contribution in [0.5, 0.6) is 5.75 Å². The largest absolute Gasteiger partial charge is 0.492 e. The fourth-order valence-corrected chi connectivity index (χ4v) is 7.08. The van der Waals surface area contributed by atoms with Gasteiger partial charge in [-0.15, -0.1) is 11.3 Å². The second-order valence-corrected chi connectivity index (χ2v) is 13.1. The molecule has 46 heavy (non-hydrogen) atoms. The lowest BCUT2D eigenvalue weighted by Crippen LogP contribution is -2.40. The fraction of sp³-hybridized carbons (Fsp3) is 0.267. The maximum atomic E-state index is 13.8. The van der Waals surface area contributed by atoms with Gasteiger partial charge in [0.15, 0.2) is 5.96 Å². The predicted octanol–water partition coefficient (Wildman–Crippen LogP) is 2.40. The average Bonchev–Trinajstić information content (AvgIpc) is 3.80. The zero-order valence-electron chi connectivity index (χ0n) is 24.7. The van der Waals surface area contributed by atoms with Crippen molar-refractivity contribution in [2.75, 3.05) is 17.9 Å². The molecule has 1 aliphatic rings. The summed E-state index contributed by atoms with van der Waals surface area (Å²) in [4.78, 5) is 28.7. The number of nitrogens with one attached hydrogen (secondary N) is 4. The number of carbonyl (C=O) groups is 2. The molecule has 0 aliphatic carbocycles. The molecule has 9 N–H and O–H groups in total. The van der Waals surface area contributed by atoms with Gasteiger partial charge in [-0.2, -0.15) is 5.10 Å². The lowest BCUT2D eigenvalue weighted by Gasteiger charge is -2.16. The van der Waals surface area contributed by atoms with Crippen molar-refractivity contribution in [1.82, 2.24) is 20.8 Å². The highest BCUT2D eigenvalue weighted by molar-refractivity contribution is 7.92. The second kappa shape index (κ2) is 14.4. The van der Waals surface area contributed by atoms with Crippen molar-refractivity contribution in [3.05, 3.63) is 81.8 Å². The first-order chi connectivity index (χ1) is 22.1. The first kappa shape index (κ1) is 32.5. The molecule has 0 saturated heterocycles. The molecule has 0 bridgehead atoms. The summed E-state index contributed by atoms with van der Waals surface area (Å²) in [6.45, 7) is 1.75. The molecule has 2 aromatic heterocycles. The van der Waals surface area contributed by atoms with Crippen LogP contribution in [0, 0.1) is 0 Å². The van der Waals surface area contributed by atoms with Crippen molar-refractivity contribution < 1.29 is 27.9 Å². The molecule has 5 rings (SSSR count). The van der Waals surface area contributed by atoms with Gasteiger partial charge < -0.3 is 31.9 Å². The number of fused-ring (bicyclic) bond motifs is 1. The SMILES string of the molecule is NC(N)=NCCCC(NC(=O)c1sccc1NS(=O)(=O)c1cc(-c2cccc(CNCc3ccn[nH]3)c2)cc2c1OCC2)C(=O)O. The van der Waals surface area contributed by atoms with Gasteiger partial charge in [-0.25, -0.2) is 13.2 Å². The zero-order valence-corrected chi connectivity index (χ0v) is 26.3. The van der Waals surface area contributed by atoms with Crippen molar-refractivity contribution >= 4 is 44.9 Å². The second-order valence-electron chi connectivity index (χ2n) is 10.5. The molecule has 1 unspecified atom stereocenters. The van der Waals surface area contributed by atoms with Gasteiger partial charge in [0.05, 0.1) is 12.3 Å². The molecule has 3 heterocycles. The number of rotatable bonds is 15. The molecule has 16 heteroatoms. The summed E-state index contributed by atoms with van der Waals surface area (Å²) in [7, 11) is -4.24. The molecule has 0 spiro atoms. The Bertz CT molecular complexity index is 1840. The molecule has 4 aromatic rings. The maximum absolute atomic E-state index is 13.8. The van der Waals surface area contributed by atoms with E-state index in [2.05, 4.69) is 30.5 Å². The number of carbonyl (C=O) groups excluding carboxylic acids is 1. The van der Waals surface area contributed by atoms with Gasteiger partial charge in [0, 0.05) is 37.9 Å². The van der Waals surface area contributed by atoms with Gasteiger partial charge in [0.25, 0.3) is 15.9 Å². The first-order valence-corrected chi connectivity index (χ1v) is 16.7. The highest BCUT2D eigenvalue weighted by atomic mass is 32.2. The number of nitrogens with zero attached hydrogens (tertiary/aromatic N) is 2. The highest BCUT2D eigenvalue weighted by Gasteiger charge is 2.29. The summed E-state index contributed by atoms with van der Waals surface area (Å²) in [5.41, 5.74) is 14.9. The van der Waals surface area contributed by atoms with E-state index in [1.165, 1.54) is 6.07 Å². The topological polar surface area (TPSA) is 227 Å². The zero-order chi connectivity index (χ0) is 32.7. The summed E-state index contributed by atoms with van der Waals surface area (Å²) >= 11 is 0.983. The molecule has 0 radical (unpaired) electrons. The van der Waals surface area contributed by atoms with E-state index in [0.717, 1.165) is 33.7 Å². The minimum Gasteiger partial charge on any atom is -0.492 e. The summed E-state index contributed by atoms with van der Waals surface area (Å²) in [5, 5.41) is 23.8. The van der Waals surface area contributed by atoms with E-state index in [9.17, 15) is 23.1 Å². The third-order valence-electron chi connectivity index (χ3n) is 7.17. The summed E-state index contributed by atoms with van der Waals surface area (Å²) < 4.78 is 35.9. The number of hydrogen-bond donors (Lipinski definition) is 7. The number of aliphatic imine (C=N–C) groups is 1. The first-order valence-electron chi connectivity index (χ1n) is 14.4. The van der Waals surface area contributed by atoms with E-state index in [-0.39, 0.29) is 40.1 Å². The number of nitrogens with two attached hydrogens (primary N) is 2. The molecule has 2 aromatic carbocycles. The number of H-pyrrole nitrogens is 1. The highest BCUT2D eigenvalue weighted by Crippen LogP contribution is 2.39. The van der Waals surface area contributed by atoms with Gasteiger partial charge >= 0.3 is 5.97 Å². The van der Waals surface area contributed by atoms with Crippen LogP contribution >= 0.6 is 11.3 Å². The van der Waals surface area contributed by atoms with Gasteiger partial charge in [-0.1, -0.05) is 18.2 Å². The Balaban J connectivity index is 1.34. The number of aromatic nitrogens is 2. The Labute approximate surface area is 269 Å². The summed E-state index contributed by atoms with van der Waals surface area (Å²) in [5.74, 6) is -1.81. The van der Waals surface area contributed by atoms with Gasteiger partial charge in [0.2, 0.25) is 0 Å². The standard InChI is InChI=1S/C30H34N8O6S2/c31-30(32)34-9-2-5-24(29(40)41)36-28(39)27-23(8-12-45-27)38-46(42,43)25-15-21(14-20-7-11-44-26(20)25)19-4-1-3-18(13-19)16-33-17-22-6-10-35-37-22/h1,3-4,6,8,10,12-15,24,33,38H,2,5,7,9,11,16-17H2,(H,35,37)(H,36,39)(H,40,41)(H4,31,32,34). The van der Waals surface area contributed by atoms with Crippen LogP contribution in [-0.4, -0.2) is 60.8 Å². The van der Waals surface area contributed by atoms with Crippen LogP contribution in [-0.2, 0) is 34.3 Å². The summed E-state index contributed by atoms with van der Waals surface area (Å²) in [6, 6.07) is 13.4. The Morgan fingerprint density at radius 3 is 2.74 bits per heavy atom. The van der Waals surface area contributed by atoms with Gasteiger partial charge in [-0.3, -0.25) is 19.6 Å². The average molecular weight is 667 g/mol. The Hall–Kier alpha value is -4.93. The van der Waals surface area contributed by atoms with E-state index in [0.29, 0.717) is 38.1 Å². The van der Waals surface area contributed by atoms with E-state index in [4.69, 9.17) is 16.2 Å². The molecular formula is C30H34N8O6S2. The van der Waals surface area contributed by atoms with E-state index >= 15 is 0 Å².